The summed E-state index contributed by atoms with van der Waals surface area (Å²) in [5.41, 5.74) is 4.01. The van der Waals surface area contributed by atoms with Crippen LogP contribution in [0.2, 0.25) is 0 Å². The van der Waals surface area contributed by atoms with Crippen molar-refractivity contribution in [2.24, 2.45) is 0 Å². The number of nitrogens with zero attached hydrogens (tertiary/aromatic N) is 2. The highest BCUT2D eigenvalue weighted by molar-refractivity contribution is 5.98. The van der Waals surface area contributed by atoms with Gasteiger partial charge in [0, 0.05) is 46.5 Å². The number of aromatic nitrogens is 3. The molecule has 1 aromatic carbocycles. The van der Waals surface area contributed by atoms with Gasteiger partial charge in [0.1, 0.15) is 11.4 Å². The number of rotatable bonds is 4. The second-order valence-corrected chi connectivity index (χ2v) is 6.05. The highest BCUT2D eigenvalue weighted by Crippen LogP contribution is 2.34. The Hall–Kier alpha value is -2.79. The molecule has 122 valence electrons. The summed E-state index contributed by atoms with van der Waals surface area (Å²) in [5, 5.41) is 12.0. The lowest BCUT2D eigenvalue weighted by Gasteiger charge is -2.07. The van der Waals surface area contributed by atoms with Crippen LogP contribution in [0.5, 0.6) is 5.75 Å². The molecular weight excluding hydrogens is 302 g/mol. The number of aliphatic hydroxyl groups is 1. The Labute approximate surface area is 139 Å². The summed E-state index contributed by atoms with van der Waals surface area (Å²) in [6.07, 6.45) is 3.43. The highest BCUT2D eigenvalue weighted by Gasteiger charge is 2.14. The van der Waals surface area contributed by atoms with Crippen LogP contribution in [0.3, 0.4) is 0 Å². The number of hydrogen-bond acceptors (Lipinski definition) is 3. The second-order valence-electron chi connectivity index (χ2n) is 6.05. The lowest BCUT2D eigenvalue weighted by atomic mass is 10.1. The maximum absolute atomic E-state index is 9.80. The van der Waals surface area contributed by atoms with Gasteiger partial charge in [-0.3, -0.25) is 0 Å². The fourth-order valence-electron chi connectivity index (χ4n) is 3.16. The lowest BCUT2D eigenvalue weighted by Crippen LogP contribution is -2.10. The molecule has 0 spiro atoms. The van der Waals surface area contributed by atoms with Crippen molar-refractivity contribution >= 4 is 21.9 Å². The predicted molar refractivity (Wildman–Crippen MR) is 95.3 cm³/mol. The molecule has 5 nitrogen and oxygen atoms in total. The zero-order chi connectivity index (χ0) is 16.7. The van der Waals surface area contributed by atoms with Crippen molar-refractivity contribution in [3.8, 4) is 17.0 Å². The number of aliphatic hydroxyl groups excluding tert-OH is 1. The maximum Gasteiger partial charge on any atom is 0.137 e. The zero-order valence-corrected chi connectivity index (χ0v) is 13.7. The van der Waals surface area contributed by atoms with E-state index >= 15 is 0 Å². The average molecular weight is 321 g/mol. The summed E-state index contributed by atoms with van der Waals surface area (Å²) in [6, 6.07) is 12.1. The molecule has 0 saturated carbocycles. The molecule has 0 aliphatic carbocycles. The van der Waals surface area contributed by atoms with Crippen LogP contribution in [0, 0.1) is 0 Å². The number of hydrogen-bond donors (Lipinski definition) is 2. The molecule has 4 rings (SSSR count). The number of aromatic amines is 1. The Morgan fingerprint density at radius 1 is 1.29 bits per heavy atom. The second kappa shape index (κ2) is 5.69. The van der Waals surface area contributed by atoms with E-state index in [4.69, 9.17) is 4.74 Å². The fraction of sp³-hybridized carbons (Fsp3) is 0.211. The lowest BCUT2D eigenvalue weighted by molar-refractivity contribution is 0.175. The van der Waals surface area contributed by atoms with Gasteiger partial charge in [0.2, 0.25) is 0 Å². The molecular formula is C19H19N3O2. The molecule has 24 heavy (non-hydrogen) atoms. The third-order valence-electron chi connectivity index (χ3n) is 4.23. The van der Waals surface area contributed by atoms with E-state index in [2.05, 4.69) is 26.8 Å². The van der Waals surface area contributed by atoms with Crippen molar-refractivity contribution in [2.45, 2.75) is 19.6 Å². The van der Waals surface area contributed by atoms with Crippen molar-refractivity contribution in [3.63, 3.8) is 0 Å². The van der Waals surface area contributed by atoms with Crippen molar-refractivity contribution in [2.75, 3.05) is 7.11 Å². The van der Waals surface area contributed by atoms with E-state index in [1.807, 2.05) is 30.3 Å². The first kappa shape index (κ1) is 14.8. The monoisotopic (exact) mass is 321 g/mol. The Morgan fingerprint density at radius 3 is 2.92 bits per heavy atom. The Bertz CT molecular complexity index is 981. The molecule has 1 unspecified atom stereocenters. The summed E-state index contributed by atoms with van der Waals surface area (Å²) in [7, 11) is 1.67. The van der Waals surface area contributed by atoms with Gasteiger partial charge in [-0.05, 0) is 43.3 Å². The van der Waals surface area contributed by atoms with Gasteiger partial charge in [-0.1, -0.05) is 0 Å². The van der Waals surface area contributed by atoms with Crippen LogP contribution in [0.15, 0.2) is 48.8 Å². The SMILES string of the molecule is COc1ccc2c(c1)c(-c1cc3cccnc3[nH]1)cn2CC(C)O. The molecule has 0 fully saturated rings. The fourth-order valence-corrected chi connectivity index (χ4v) is 3.16. The Kier molecular flexibility index (Phi) is 3.50. The molecule has 4 aromatic rings. The molecule has 3 heterocycles. The van der Waals surface area contributed by atoms with Gasteiger partial charge in [-0.2, -0.15) is 0 Å². The summed E-state index contributed by atoms with van der Waals surface area (Å²) >= 11 is 0. The van der Waals surface area contributed by atoms with E-state index in [0.29, 0.717) is 6.54 Å². The van der Waals surface area contributed by atoms with E-state index in [-0.39, 0.29) is 0 Å². The van der Waals surface area contributed by atoms with Gasteiger partial charge >= 0.3 is 0 Å². The average Bonchev–Trinajstić information content (AvgIpc) is 3.15. The number of nitrogens with one attached hydrogen (secondary N) is 1. The number of H-pyrrole nitrogens is 1. The number of fused-ring (bicyclic) bond motifs is 2. The van der Waals surface area contributed by atoms with Gasteiger partial charge in [-0.15, -0.1) is 0 Å². The molecule has 0 aliphatic rings. The van der Waals surface area contributed by atoms with Gasteiger partial charge in [-0.25, -0.2) is 4.98 Å². The quantitative estimate of drug-likeness (QED) is 0.604. The molecule has 0 saturated heterocycles. The van der Waals surface area contributed by atoms with Crippen molar-refractivity contribution < 1.29 is 9.84 Å². The van der Waals surface area contributed by atoms with Gasteiger partial charge < -0.3 is 19.4 Å². The summed E-state index contributed by atoms with van der Waals surface area (Å²) in [6.45, 7) is 2.34. The third-order valence-corrected chi connectivity index (χ3v) is 4.23. The van der Waals surface area contributed by atoms with Gasteiger partial charge in [0.25, 0.3) is 0 Å². The van der Waals surface area contributed by atoms with Crippen LogP contribution >= 0.6 is 0 Å². The molecule has 0 radical (unpaired) electrons. The number of pyridine rings is 1. The molecule has 3 aromatic heterocycles. The predicted octanol–water partition coefficient (Wildman–Crippen LogP) is 3.57. The summed E-state index contributed by atoms with van der Waals surface area (Å²) in [4.78, 5) is 7.75. The van der Waals surface area contributed by atoms with E-state index in [9.17, 15) is 5.11 Å². The summed E-state index contributed by atoms with van der Waals surface area (Å²) in [5.74, 6) is 0.813. The largest absolute Gasteiger partial charge is 0.497 e. The summed E-state index contributed by atoms with van der Waals surface area (Å²) < 4.78 is 7.46. The van der Waals surface area contributed by atoms with E-state index in [0.717, 1.165) is 38.9 Å². The topological polar surface area (TPSA) is 63.1 Å². The Morgan fingerprint density at radius 2 is 2.17 bits per heavy atom. The minimum atomic E-state index is -0.417. The standard InChI is InChI=1S/C19H19N3O2/c1-12(23)10-22-11-16(15-9-14(24-2)5-6-18(15)22)17-8-13-4-3-7-20-19(13)21-17/h3-9,11-12,23H,10H2,1-2H3,(H,20,21). The van der Waals surface area contributed by atoms with Crippen LogP contribution in [-0.4, -0.2) is 32.9 Å². The first-order chi connectivity index (χ1) is 11.7. The molecule has 0 bridgehead atoms. The van der Waals surface area contributed by atoms with E-state index in [1.165, 1.54) is 0 Å². The molecule has 5 heteroatoms. The van der Waals surface area contributed by atoms with E-state index in [1.54, 1.807) is 20.2 Å². The van der Waals surface area contributed by atoms with Crippen LogP contribution < -0.4 is 4.74 Å². The maximum atomic E-state index is 9.80. The normalized spacial score (nSPS) is 12.8. The number of methoxy groups -OCH3 is 1. The van der Waals surface area contributed by atoms with Crippen molar-refractivity contribution in [1.82, 2.24) is 14.5 Å². The third kappa shape index (κ3) is 2.43. The number of ether oxygens (including phenoxy) is 1. The minimum Gasteiger partial charge on any atom is -0.497 e. The van der Waals surface area contributed by atoms with Gasteiger partial charge in [0.05, 0.1) is 13.2 Å². The number of benzene rings is 1. The minimum absolute atomic E-state index is 0.417. The zero-order valence-electron chi connectivity index (χ0n) is 13.7. The van der Waals surface area contributed by atoms with Crippen molar-refractivity contribution in [3.05, 3.63) is 48.8 Å². The molecule has 1 atom stereocenters. The first-order valence-electron chi connectivity index (χ1n) is 7.95. The Balaban J connectivity index is 1.95. The first-order valence-corrected chi connectivity index (χ1v) is 7.95. The van der Waals surface area contributed by atoms with Gasteiger partial charge in [0.15, 0.2) is 0 Å². The highest BCUT2D eigenvalue weighted by atomic mass is 16.5. The molecule has 0 aliphatic heterocycles. The van der Waals surface area contributed by atoms with Crippen LogP contribution in [0.1, 0.15) is 6.92 Å². The molecule has 0 amide bonds. The van der Waals surface area contributed by atoms with Crippen LogP contribution in [-0.2, 0) is 6.54 Å². The van der Waals surface area contributed by atoms with Crippen LogP contribution in [0.4, 0.5) is 0 Å². The van der Waals surface area contributed by atoms with Crippen molar-refractivity contribution in [1.29, 1.82) is 0 Å². The smallest absolute Gasteiger partial charge is 0.137 e. The van der Waals surface area contributed by atoms with Crippen LogP contribution in [0.25, 0.3) is 33.2 Å². The van der Waals surface area contributed by atoms with E-state index < -0.39 is 6.10 Å². The molecule has 2 N–H and O–H groups in total.